The van der Waals surface area contributed by atoms with Gasteiger partial charge in [-0.15, -0.1) is 0 Å². The van der Waals surface area contributed by atoms with Gasteiger partial charge in [0.15, 0.2) is 0 Å². The molecule has 176 valence electrons. The molecule has 0 unspecified atom stereocenters. The average molecular weight is 476 g/mol. The number of rotatable bonds is 2. The minimum atomic E-state index is -0.0613. The van der Waals surface area contributed by atoms with Gasteiger partial charge in [-0.05, 0) is 41.0 Å². The molecule has 0 atom stereocenters. The van der Waals surface area contributed by atoms with E-state index in [4.69, 9.17) is 4.42 Å². The Labute approximate surface area is 215 Å². The zero-order valence-electron chi connectivity index (χ0n) is 20.8. The fourth-order valence-corrected chi connectivity index (χ4v) is 6.55. The molecule has 0 bridgehead atoms. The summed E-state index contributed by atoms with van der Waals surface area (Å²) in [6, 6.07) is 41.3. The van der Waals surface area contributed by atoms with Crippen molar-refractivity contribution in [1.29, 1.82) is 0 Å². The van der Waals surface area contributed by atoms with Crippen LogP contribution in [0.3, 0.4) is 0 Å². The smallest absolute Gasteiger partial charge is 0.143 e. The lowest BCUT2D eigenvalue weighted by Crippen LogP contribution is -2.14. The highest BCUT2D eigenvalue weighted by atomic mass is 16.3. The first-order valence-electron chi connectivity index (χ1n) is 12.9. The first-order chi connectivity index (χ1) is 18.1. The van der Waals surface area contributed by atoms with Crippen LogP contribution in [0.5, 0.6) is 0 Å². The molecular formula is C35H25NO. The summed E-state index contributed by atoms with van der Waals surface area (Å²) in [5.74, 6) is 0. The van der Waals surface area contributed by atoms with Gasteiger partial charge in [0.1, 0.15) is 11.2 Å². The van der Waals surface area contributed by atoms with Crippen molar-refractivity contribution < 1.29 is 4.42 Å². The zero-order valence-corrected chi connectivity index (χ0v) is 20.8. The first-order valence-corrected chi connectivity index (χ1v) is 12.9. The van der Waals surface area contributed by atoms with Crippen LogP contribution in [0.15, 0.2) is 120 Å². The second-order valence-electron chi connectivity index (χ2n) is 10.6. The Hall–Kier alpha value is -4.56. The molecule has 0 amide bonds. The Morgan fingerprint density at radius 2 is 1.32 bits per heavy atom. The van der Waals surface area contributed by atoms with Crippen molar-refractivity contribution in [2.45, 2.75) is 19.3 Å². The number of benzene rings is 5. The number of furan rings is 1. The highest BCUT2D eigenvalue weighted by Gasteiger charge is 2.40. The Balaban J connectivity index is 1.41. The second kappa shape index (κ2) is 7.24. The lowest BCUT2D eigenvalue weighted by molar-refractivity contribution is 0.666. The summed E-state index contributed by atoms with van der Waals surface area (Å²) in [4.78, 5) is 0. The zero-order chi connectivity index (χ0) is 24.7. The van der Waals surface area contributed by atoms with Crippen LogP contribution in [0.1, 0.15) is 25.0 Å². The molecule has 37 heavy (non-hydrogen) atoms. The monoisotopic (exact) mass is 475 g/mol. The molecule has 5 aromatic carbocycles. The molecule has 0 radical (unpaired) electrons. The van der Waals surface area contributed by atoms with Crippen LogP contribution >= 0.6 is 0 Å². The van der Waals surface area contributed by atoms with E-state index in [1.165, 1.54) is 33.3 Å². The van der Waals surface area contributed by atoms with Crippen molar-refractivity contribution in [2.24, 2.45) is 0 Å². The number of para-hydroxylation sites is 3. The van der Waals surface area contributed by atoms with Crippen molar-refractivity contribution in [1.82, 2.24) is 4.57 Å². The van der Waals surface area contributed by atoms with E-state index in [1.54, 1.807) is 0 Å². The van der Waals surface area contributed by atoms with E-state index < -0.39 is 0 Å². The van der Waals surface area contributed by atoms with Gasteiger partial charge in [-0.25, -0.2) is 0 Å². The first kappa shape index (κ1) is 20.6. The van der Waals surface area contributed by atoms with Gasteiger partial charge in [-0.1, -0.05) is 105 Å². The van der Waals surface area contributed by atoms with Crippen molar-refractivity contribution >= 4 is 32.8 Å². The van der Waals surface area contributed by atoms with Gasteiger partial charge in [0.2, 0.25) is 0 Å². The van der Waals surface area contributed by atoms with E-state index in [0.717, 1.165) is 38.8 Å². The standard InChI is InChI=1S/C35H25NO/c1-35(2)29-18-6-3-14-27(29)33-32(35)28-15-4-7-19-30(28)36(33)23-12-9-11-22(21-23)24-16-10-17-26-25-13-5-8-20-31(25)37-34(24)26/h3-21H,1-2H3. The van der Waals surface area contributed by atoms with Crippen molar-refractivity contribution in [3.63, 3.8) is 0 Å². The molecule has 1 aliphatic rings. The predicted octanol–water partition coefficient (Wildman–Crippen LogP) is 9.50. The Morgan fingerprint density at radius 1 is 0.622 bits per heavy atom. The molecule has 0 fully saturated rings. The van der Waals surface area contributed by atoms with Gasteiger partial charge < -0.3 is 8.98 Å². The third kappa shape index (κ3) is 2.70. The SMILES string of the molecule is CC1(C)c2ccccc2-c2c1c1ccccc1n2-c1cccc(-c2cccc3c2oc2ccccc23)c1. The molecule has 2 heterocycles. The third-order valence-corrected chi connectivity index (χ3v) is 8.17. The van der Waals surface area contributed by atoms with Gasteiger partial charge >= 0.3 is 0 Å². The van der Waals surface area contributed by atoms with Gasteiger partial charge in [-0.2, -0.15) is 0 Å². The van der Waals surface area contributed by atoms with Crippen LogP contribution in [0.2, 0.25) is 0 Å². The fraction of sp³-hybridized carbons (Fsp3) is 0.0857. The summed E-state index contributed by atoms with van der Waals surface area (Å²) in [6.45, 7) is 4.71. The van der Waals surface area contributed by atoms with E-state index in [0.29, 0.717) is 0 Å². The largest absolute Gasteiger partial charge is 0.455 e. The van der Waals surface area contributed by atoms with Crippen molar-refractivity contribution in [2.75, 3.05) is 0 Å². The number of hydrogen-bond acceptors (Lipinski definition) is 1. The van der Waals surface area contributed by atoms with E-state index in [-0.39, 0.29) is 5.41 Å². The maximum absolute atomic E-state index is 6.38. The molecule has 2 nitrogen and oxygen atoms in total. The Kier molecular flexibility index (Phi) is 4.03. The number of aromatic nitrogens is 1. The lowest BCUT2D eigenvalue weighted by atomic mass is 9.81. The summed E-state index contributed by atoms with van der Waals surface area (Å²) in [5, 5.41) is 3.63. The Morgan fingerprint density at radius 3 is 2.24 bits per heavy atom. The molecule has 0 saturated heterocycles. The van der Waals surface area contributed by atoms with Gasteiger partial charge in [0, 0.05) is 38.4 Å². The molecule has 2 aromatic heterocycles. The summed E-state index contributed by atoms with van der Waals surface area (Å²) in [5.41, 5.74) is 11.9. The summed E-state index contributed by atoms with van der Waals surface area (Å²) in [7, 11) is 0. The predicted molar refractivity (Wildman–Crippen MR) is 154 cm³/mol. The van der Waals surface area contributed by atoms with Crippen LogP contribution in [-0.2, 0) is 5.41 Å². The molecular weight excluding hydrogens is 450 g/mol. The topological polar surface area (TPSA) is 18.1 Å². The molecule has 0 N–H and O–H groups in total. The minimum Gasteiger partial charge on any atom is -0.455 e. The van der Waals surface area contributed by atoms with E-state index in [1.807, 2.05) is 12.1 Å². The third-order valence-electron chi connectivity index (χ3n) is 8.17. The second-order valence-corrected chi connectivity index (χ2v) is 10.6. The summed E-state index contributed by atoms with van der Waals surface area (Å²) < 4.78 is 8.84. The number of fused-ring (bicyclic) bond motifs is 8. The molecule has 1 aliphatic carbocycles. The number of nitrogens with zero attached hydrogens (tertiary/aromatic N) is 1. The van der Waals surface area contributed by atoms with Crippen LogP contribution in [-0.4, -0.2) is 4.57 Å². The molecule has 2 heteroatoms. The highest BCUT2D eigenvalue weighted by Crippen LogP contribution is 2.53. The lowest BCUT2D eigenvalue weighted by Gasteiger charge is -2.21. The van der Waals surface area contributed by atoms with Crippen molar-refractivity contribution in [3.8, 4) is 28.1 Å². The molecule has 8 rings (SSSR count). The van der Waals surface area contributed by atoms with Gasteiger partial charge in [0.05, 0.1) is 11.2 Å². The molecule has 0 saturated carbocycles. The number of hydrogen-bond donors (Lipinski definition) is 0. The quantitative estimate of drug-likeness (QED) is 0.243. The van der Waals surface area contributed by atoms with Gasteiger partial charge in [-0.3, -0.25) is 0 Å². The maximum Gasteiger partial charge on any atom is 0.143 e. The summed E-state index contributed by atoms with van der Waals surface area (Å²) >= 11 is 0. The fourth-order valence-electron chi connectivity index (χ4n) is 6.55. The van der Waals surface area contributed by atoms with Gasteiger partial charge in [0.25, 0.3) is 0 Å². The maximum atomic E-state index is 6.38. The molecule has 0 aliphatic heterocycles. The Bertz CT molecular complexity index is 2020. The van der Waals surface area contributed by atoms with Crippen LogP contribution in [0, 0.1) is 0 Å². The van der Waals surface area contributed by atoms with Crippen molar-refractivity contribution in [3.05, 3.63) is 126 Å². The minimum absolute atomic E-state index is 0.0613. The average Bonchev–Trinajstić information content (AvgIpc) is 3.56. The highest BCUT2D eigenvalue weighted by molar-refractivity contribution is 6.09. The molecule has 7 aromatic rings. The van der Waals surface area contributed by atoms with Crippen LogP contribution < -0.4 is 0 Å². The molecule has 0 spiro atoms. The normalized spacial score (nSPS) is 13.9. The van der Waals surface area contributed by atoms with E-state index in [9.17, 15) is 0 Å². The summed E-state index contributed by atoms with van der Waals surface area (Å²) in [6.07, 6.45) is 0. The van der Waals surface area contributed by atoms with Crippen LogP contribution in [0.25, 0.3) is 60.9 Å². The van der Waals surface area contributed by atoms with E-state index >= 15 is 0 Å². The van der Waals surface area contributed by atoms with E-state index in [2.05, 4.69) is 122 Å². The van der Waals surface area contributed by atoms with Crippen LogP contribution in [0.4, 0.5) is 0 Å².